The standard InChI is InChI=1S/C29H31ClFN3O5/c1-29(2,3)39-28(36)34-12-11-33-14-19-13-23(37-16-18-7-9-32-10-8-18)25(24-21(30)5-4-6-22(24)35)26(31)27(19)38-17-20(33)15-34/h4-10,13,20,35H,11-12,14-17H2,1-3H3/t20-/m1/s1. The molecular formula is C29H31ClFN3O5. The van der Waals surface area contributed by atoms with Gasteiger partial charge >= 0.3 is 6.09 Å². The van der Waals surface area contributed by atoms with Crippen LogP contribution in [-0.4, -0.2) is 63.9 Å². The topological polar surface area (TPSA) is 84.4 Å². The Bertz CT molecular complexity index is 1350. The lowest BCUT2D eigenvalue weighted by Gasteiger charge is -2.40. The van der Waals surface area contributed by atoms with Gasteiger partial charge in [-0.2, -0.15) is 0 Å². The van der Waals surface area contributed by atoms with E-state index < -0.39 is 11.4 Å². The number of pyridine rings is 1. The monoisotopic (exact) mass is 555 g/mol. The van der Waals surface area contributed by atoms with Crippen molar-refractivity contribution in [3.63, 3.8) is 0 Å². The van der Waals surface area contributed by atoms with Crippen molar-refractivity contribution in [2.45, 2.75) is 45.6 Å². The van der Waals surface area contributed by atoms with Crippen LogP contribution < -0.4 is 9.47 Å². The Labute approximate surface area is 231 Å². The van der Waals surface area contributed by atoms with Gasteiger partial charge in [-0.1, -0.05) is 17.7 Å². The van der Waals surface area contributed by atoms with Gasteiger partial charge in [-0.05, 0) is 56.7 Å². The molecule has 3 aromatic rings. The van der Waals surface area contributed by atoms with Gasteiger partial charge < -0.3 is 24.2 Å². The van der Waals surface area contributed by atoms with Gasteiger partial charge in [0.25, 0.3) is 0 Å². The second kappa shape index (κ2) is 10.9. The molecule has 1 saturated heterocycles. The van der Waals surface area contributed by atoms with Crippen molar-refractivity contribution in [2.24, 2.45) is 0 Å². The smallest absolute Gasteiger partial charge is 0.410 e. The number of fused-ring (bicyclic) bond motifs is 2. The summed E-state index contributed by atoms with van der Waals surface area (Å²) in [5, 5.41) is 10.8. The molecule has 0 bridgehead atoms. The molecule has 0 unspecified atom stereocenters. The molecule has 5 rings (SSSR count). The van der Waals surface area contributed by atoms with Crippen LogP contribution in [0.4, 0.5) is 9.18 Å². The molecule has 39 heavy (non-hydrogen) atoms. The predicted molar refractivity (Wildman–Crippen MR) is 145 cm³/mol. The Morgan fingerprint density at radius 3 is 2.69 bits per heavy atom. The summed E-state index contributed by atoms with van der Waals surface area (Å²) in [6, 6.07) is 9.84. The summed E-state index contributed by atoms with van der Waals surface area (Å²) in [6.45, 7) is 7.70. The minimum atomic E-state index is -0.663. The Kier molecular flexibility index (Phi) is 7.55. The molecule has 1 atom stereocenters. The zero-order valence-corrected chi connectivity index (χ0v) is 22.9. The van der Waals surface area contributed by atoms with Crippen molar-refractivity contribution in [3.05, 3.63) is 70.8 Å². The van der Waals surface area contributed by atoms with Crippen molar-refractivity contribution in [1.82, 2.24) is 14.8 Å². The second-order valence-electron chi connectivity index (χ2n) is 10.7. The summed E-state index contributed by atoms with van der Waals surface area (Å²) in [4.78, 5) is 20.5. The SMILES string of the molecule is CC(C)(C)OC(=O)N1CCN2Cc3cc(OCc4ccncc4)c(-c4c(O)cccc4Cl)c(F)c3OC[C@H]2C1. The van der Waals surface area contributed by atoms with Crippen LogP contribution in [0.25, 0.3) is 11.1 Å². The third-order valence-electron chi connectivity index (χ3n) is 6.70. The Morgan fingerprint density at radius 1 is 1.21 bits per heavy atom. The molecule has 2 aliphatic heterocycles. The van der Waals surface area contributed by atoms with Gasteiger partial charge in [0.1, 0.15) is 30.3 Å². The third kappa shape index (κ3) is 5.89. The minimum absolute atomic E-state index is 0.0289. The predicted octanol–water partition coefficient (Wildman–Crippen LogP) is 5.64. The molecule has 206 valence electrons. The Hall–Kier alpha value is -3.56. The highest BCUT2D eigenvalue weighted by molar-refractivity contribution is 6.33. The number of rotatable bonds is 4. The third-order valence-corrected chi connectivity index (χ3v) is 7.01. The lowest BCUT2D eigenvalue weighted by Crippen LogP contribution is -2.56. The zero-order valence-electron chi connectivity index (χ0n) is 22.1. The van der Waals surface area contributed by atoms with Gasteiger partial charge in [0, 0.05) is 49.7 Å². The van der Waals surface area contributed by atoms with Crippen molar-refractivity contribution in [3.8, 4) is 28.4 Å². The van der Waals surface area contributed by atoms with E-state index in [4.69, 9.17) is 25.8 Å². The Morgan fingerprint density at radius 2 is 1.97 bits per heavy atom. The van der Waals surface area contributed by atoms with E-state index >= 15 is 4.39 Å². The maximum absolute atomic E-state index is 16.3. The van der Waals surface area contributed by atoms with Crippen molar-refractivity contribution in [1.29, 1.82) is 0 Å². The molecule has 0 aliphatic carbocycles. The number of carbonyl (C=O) groups excluding carboxylic acids is 1. The molecule has 3 heterocycles. The number of benzene rings is 2. The molecular weight excluding hydrogens is 525 g/mol. The number of amides is 1. The van der Waals surface area contributed by atoms with Gasteiger partial charge in [0.15, 0.2) is 11.6 Å². The van der Waals surface area contributed by atoms with Crippen LogP contribution in [0, 0.1) is 5.82 Å². The number of phenols is 1. The first-order chi connectivity index (χ1) is 18.6. The van der Waals surface area contributed by atoms with Gasteiger partial charge in [0.05, 0.1) is 16.6 Å². The van der Waals surface area contributed by atoms with Crippen LogP contribution >= 0.6 is 11.6 Å². The molecule has 1 N–H and O–H groups in total. The maximum atomic E-state index is 16.3. The van der Waals surface area contributed by atoms with Gasteiger partial charge in [-0.25, -0.2) is 9.18 Å². The molecule has 0 radical (unpaired) electrons. The summed E-state index contributed by atoms with van der Waals surface area (Å²) < 4.78 is 34.1. The number of halogens is 2. The maximum Gasteiger partial charge on any atom is 0.410 e. The second-order valence-corrected chi connectivity index (χ2v) is 11.1. The highest BCUT2D eigenvalue weighted by atomic mass is 35.5. The van der Waals surface area contributed by atoms with E-state index in [0.717, 1.165) is 5.56 Å². The van der Waals surface area contributed by atoms with E-state index in [1.165, 1.54) is 6.07 Å². The number of aromatic nitrogens is 1. The molecule has 2 aromatic carbocycles. The minimum Gasteiger partial charge on any atom is -0.507 e. The van der Waals surface area contributed by atoms with E-state index in [1.54, 1.807) is 35.5 Å². The van der Waals surface area contributed by atoms with Crippen molar-refractivity contribution >= 4 is 17.7 Å². The summed E-state index contributed by atoms with van der Waals surface area (Å²) >= 11 is 6.44. The number of phenolic OH excluding ortho intramolecular Hbond substituents is 1. The summed E-state index contributed by atoms with van der Waals surface area (Å²) in [6.07, 6.45) is 2.93. The van der Waals surface area contributed by atoms with Crippen LogP contribution in [0.5, 0.6) is 17.2 Å². The van der Waals surface area contributed by atoms with Gasteiger partial charge in [0.2, 0.25) is 0 Å². The zero-order chi connectivity index (χ0) is 27.7. The summed E-state index contributed by atoms with van der Waals surface area (Å²) in [7, 11) is 0. The molecule has 8 nitrogen and oxygen atoms in total. The van der Waals surface area contributed by atoms with Crippen LogP contribution in [0.1, 0.15) is 31.9 Å². The molecule has 1 amide bonds. The fourth-order valence-electron chi connectivity index (χ4n) is 4.83. The highest BCUT2D eigenvalue weighted by Crippen LogP contribution is 2.47. The normalized spacial score (nSPS) is 17.5. The first-order valence-corrected chi connectivity index (χ1v) is 13.2. The summed E-state index contributed by atoms with van der Waals surface area (Å²) in [5.74, 6) is -0.515. The first-order valence-electron chi connectivity index (χ1n) is 12.8. The number of hydrogen-bond donors (Lipinski definition) is 1. The quantitative estimate of drug-likeness (QED) is 0.446. The number of hydrogen-bond acceptors (Lipinski definition) is 7. The lowest BCUT2D eigenvalue weighted by atomic mass is 9.99. The molecule has 1 aromatic heterocycles. The highest BCUT2D eigenvalue weighted by Gasteiger charge is 2.36. The number of aromatic hydroxyl groups is 1. The van der Waals surface area contributed by atoms with Crippen LogP contribution in [0.15, 0.2) is 48.8 Å². The average Bonchev–Trinajstić information content (AvgIpc) is 3.07. The van der Waals surface area contributed by atoms with Gasteiger partial charge in [-0.3, -0.25) is 9.88 Å². The van der Waals surface area contributed by atoms with Crippen LogP contribution in [0.2, 0.25) is 5.02 Å². The van der Waals surface area contributed by atoms with E-state index in [0.29, 0.717) is 31.7 Å². The van der Waals surface area contributed by atoms with E-state index in [-0.39, 0.29) is 58.7 Å². The van der Waals surface area contributed by atoms with E-state index in [9.17, 15) is 9.90 Å². The molecule has 0 spiro atoms. The van der Waals surface area contributed by atoms with Gasteiger partial charge in [-0.15, -0.1) is 0 Å². The van der Waals surface area contributed by atoms with Crippen molar-refractivity contribution in [2.75, 3.05) is 26.2 Å². The molecule has 2 aliphatic rings. The first kappa shape index (κ1) is 27.0. The largest absolute Gasteiger partial charge is 0.507 e. The van der Waals surface area contributed by atoms with E-state index in [2.05, 4.69) is 9.88 Å². The number of carbonyl (C=O) groups is 1. The molecule has 1 fully saturated rings. The number of ether oxygens (including phenoxy) is 3. The van der Waals surface area contributed by atoms with E-state index in [1.807, 2.05) is 32.9 Å². The average molecular weight is 556 g/mol. The summed E-state index contributed by atoms with van der Waals surface area (Å²) in [5.41, 5.74) is 1.03. The molecule has 10 heteroatoms. The number of piperazine rings is 1. The fraction of sp³-hybridized carbons (Fsp3) is 0.379. The lowest BCUT2D eigenvalue weighted by molar-refractivity contribution is -0.00164. The van der Waals surface area contributed by atoms with Crippen LogP contribution in [-0.2, 0) is 17.9 Å². The Balaban J connectivity index is 1.48. The fourth-order valence-corrected chi connectivity index (χ4v) is 5.09. The van der Waals surface area contributed by atoms with Crippen molar-refractivity contribution < 1.29 is 28.5 Å². The molecule has 0 saturated carbocycles. The number of nitrogens with zero attached hydrogens (tertiary/aromatic N) is 3. The van der Waals surface area contributed by atoms with Crippen LogP contribution in [0.3, 0.4) is 0 Å².